The maximum atomic E-state index is 14.2. The lowest BCUT2D eigenvalue weighted by Crippen LogP contribution is -2.27. The number of nitrogens with zero attached hydrogens (tertiary/aromatic N) is 1. The highest BCUT2D eigenvalue weighted by Gasteiger charge is 2.20. The number of halogens is 2. The minimum Gasteiger partial charge on any atom is -0.444 e. The second kappa shape index (κ2) is 7.19. The highest BCUT2D eigenvalue weighted by molar-refractivity contribution is 5.94. The summed E-state index contributed by atoms with van der Waals surface area (Å²) in [5, 5.41) is 2.59. The Hall–Kier alpha value is -2.83. The molecular weight excluding hydrogens is 340 g/mol. The Morgan fingerprint density at radius 2 is 1.81 bits per heavy atom. The first-order valence-electron chi connectivity index (χ1n) is 8.05. The van der Waals surface area contributed by atoms with Gasteiger partial charge in [0.05, 0.1) is 11.4 Å². The monoisotopic (exact) mass is 363 g/mol. The van der Waals surface area contributed by atoms with Crippen LogP contribution in [0.3, 0.4) is 0 Å². The van der Waals surface area contributed by atoms with Crippen molar-refractivity contribution >= 4 is 23.2 Å². The maximum Gasteiger partial charge on any atom is 0.412 e. The zero-order valence-electron chi connectivity index (χ0n) is 15.5. The molecule has 0 saturated carbocycles. The average Bonchev–Trinajstić information content (AvgIpc) is 2.49. The number of nitrogens with two attached hydrogens (primary N) is 1. The molecular formula is C19H23F2N3O2. The average molecular weight is 363 g/mol. The molecule has 3 N–H and O–H groups in total. The topological polar surface area (TPSA) is 67.6 Å². The van der Waals surface area contributed by atoms with Crippen molar-refractivity contribution in [3.05, 3.63) is 42.0 Å². The first-order valence-corrected chi connectivity index (χ1v) is 8.05. The van der Waals surface area contributed by atoms with Crippen molar-refractivity contribution in [1.82, 2.24) is 0 Å². The quantitative estimate of drug-likeness (QED) is 0.781. The highest BCUT2D eigenvalue weighted by atomic mass is 19.2. The summed E-state index contributed by atoms with van der Waals surface area (Å²) in [6.45, 7) is 5.24. The number of ether oxygens (including phenoxy) is 1. The summed E-state index contributed by atoms with van der Waals surface area (Å²) in [6.07, 6.45) is -0.654. The molecule has 140 valence electrons. The molecule has 0 aromatic heterocycles. The normalized spacial score (nSPS) is 11.2. The number of carbonyl (C=O) groups is 1. The fourth-order valence-corrected chi connectivity index (χ4v) is 2.42. The Morgan fingerprint density at radius 3 is 2.38 bits per heavy atom. The van der Waals surface area contributed by atoms with Crippen molar-refractivity contribution in [3.8, 4) is 11.1 Å². The molecule has 26 heavy (non-hydrogen) atoms. The van der Waals surface area contributed by atoms with Crippen molar-refractivity contribution in [2.45, 2.75) is 26.4 Å². The van der Waals surface area contributed by atoms with Crippen LogP contribution in [0, 0.1) is 11.6 Å². The molecule has 0 spiro atoms. The second-order valence-electron chi connectivity index (χ2n) is 7.08. The summed E-state index contributed by atoms with van der Waals surface area (Å²) in [7, 11) is 3.51. The summed E-state index contributed by atoms with van der Waals surface area (Å²) >= 11 is 0. The number of nitrogen functional groups attached to an aromatic ring is 1. The molecule has 0 atom stereocenters. The first-order chi connectivity index (χ1) is 12.0. The Morgan fingerprint density at radius 1 is 1.15 bits per heavy atom. The Labute approximate surface area is 151 Å². The summed E-state index contributed by atoms with van der Waals surface area (Å²) < 4.78 is 33.1. The van der Waals surface area contributed by atoms with Gasteiger partial charge < -0.3 is 15.4 Å². The second-order valence-corrected chi connectivity index (χ2v) is 7.08. The largest absolute Gasteiger partial charge is 0.444 e. The molecule has 2 aromatic rings. The van der Waals surface area contributed by atoms with Crippen LogP contribution in [0.4, 0.5) is 30.6 Å². The predicted octanol–water partition coefficient (Wildman–Crippen LogP) is 4.63. The number of amides is 1. The zero-order chi connectivity index (χ0) is 19.6. The van der Waals surface area contributed by atoms with Crippen LogP contribution in [-0.2, 0) is 4.74 Å². The van der Waals surface area contributed by atoms with E-state index in [1.54, 1.807) is 45.8 Å². The summed E-state index contributed by atoms with van der Waals surface area (Å²) in [5.41, 5.74) is 6.96. The number of hydrogen-bond donors (Lipinski definition) is 2. The van der Waals surface area contributed by atoms with E-state index in [0.717, 1.165) is 6.07 Å². The van der Waals surface area contributed by atoms with Crippen molar-refractivity contribution in [2.24, 2.45) is 0 Å². The van der Waals surface area contributed by atoms with Gasteiger partial charge in [0.15, 0.2) is 11.6 Å². The fraction of sp³-hybridized carbons (Fsp3) is 0.316. The molecule has 0 fully saturated rings. The Kier molecular flexibility index (Phi) is 5.39. The number of hydrogen-bond acceptors (Lipinski definition) is 4. The maximum absolute atomic E-state index is 14.2. The van der Waals surface area contributed by atoms with Gasteiger partial charge in [-0.05, 0) is 39.0 Å². The zero-order valence-corrected chi connectivity index (χ0v) is 15.5. The van der Waals surface area contributed by atoms with Crippen molar-refractivity contribution in [1.29, 1.82) is 0 Å². The van der Waals surface area contributed by atoms with E-state index < -0.39 is 23.3 Å². The van der Waals surface area contributed by atoms with E-state index in [1.807, 2.05) is 0 Å². The molecule has 0 unspecified atom stereocenters. The molecule has 2 rings (SSSR count). The van der Waals surface area contributed by atoms with E-state index in [1.165, 1.54) is 18.2 Å². The first kappa shape index (κ1) is 19.5. The molecule has 0 heterocycles. The third kappa shape index (κ3) is 4.41. The molecule has 1 amide bonds. The van der Waals surface area contributed by atoms with E-state index >= 15 is 0 Å². The SMILES string of the molecule is CN(C)c1cc(NC(=O)OC(C)(C)C)c(N)cc1-c1cccc(F)c1F. The van der Waals surface area contributed by atoms with E-state index in [-0.39, 0.29) is 11.3 Å². The number of nitrogens with one attached hydrogen (secondary N) is 1. The summed E-state index contributed by atoms with van der Waals surface area (Å²) in [4.78, 5) is 13.7. The minimum atomic E-state index is -0.956. The van der Waals surface area contributed by atoms with E-state index in [2.05, 4.69) is 5.32 Å². The van der Waals surface area contributed by atoms with E-state index in [4.69, 9.17) is 10.5 Å². The van der Waals surface area contributed by atoms with E-state index in [0.29, 0.717) is 16.9 Å². The number of rotatable bonds is 3. The van der Waals surface area contributed by atoms with Gasteiger partial charge in [-0.3, -0.25) is 5.32 Å². The van der Waals surface area contributed by atoms with Crippen molar-refractivity contribution in [3.63, 3.8) is 0 Å². The van der Waals surface area contributed by atoms with Gasteiger partial charge in [0.2, 0.25) is 0 Å². The van der Waals surface area contributed by atoms with Gasteiger partial charge in [0.1, 0.15) is 5.60 Å². The van der Waals surface area contributed by atoms with Crippen LogP contribution in [-0.4, -0.2) is 25.8 Å². The lowest BCUT2D eigenvalue weighted by Gasteiger charge is -2.23. The minimum absolute atomic E-state index is 0.0872. The molecule has 0 bridgehead atoms. The van der Waals surface area contributed by atoms with Crippen LogP contribution in [0.15, 0.2) is 30.3 Å². The Bertz CT molecular complexity index is 830. The van der Waals surface area contributed by atoms with Crippen LogP contribution < -0.4 is 16.0 Å². The molecule has 0 aliphatic carbocycles. The van der Waals surface area contributed by atoms with Crippen LogP contribution >= 0.6 is 0 Å². The van der Waals surface area contributed by atoms with Crippen LogP contribution in [0.2, 0.25) is 0 Å². The van der Waals surface area contributed by atoms with Gasteiger partial charge in [-0.25, -0.2) is 13.6 Å². The van der Waals surface area contributed by atoms with Gasteiger partial charge in [-0.2, -0.15) is 0 Å². The van der Waals surface area contributed by atoms with Gasteiger partial charge in [0, 0.05) is 30.9 Å². The molecule has 2 aromatic carbocycles. The smallest absolute Gasteiger partial charge is 0.412 e. The lowest BCUT2D eigenvalue weighted by atomic mass is 10.0. The van der Waals surface area contributed by atoms with Crippen LogP contribution in [0.1, 0.15) is 20.8 Å². The molecule has 0 aliphatic heterocycles. The molecule has 0 radical (unpaired) electrons. The standard InChI is InChI=1S/C19H23F2N3O2/c1-19(2,3)26-18(25)23-15-10-16(24(4)5)12(9-14(15)22)11-7-6-8-13(20)17(11)21/h6-10H,22H2,1-5H3,(H,23,25). The number of anilines is 3. The summed E-state index contributed by atoms with van der Waals surface area (Å²) in [6, 6.07) is 7.05. The van der Waals surface area contributed by atoms with Gasteiger partial charge >= 0.3 is 6.09 Å². The molecule has 7 heteroatoms. The fourth-order valence-electron chi connectivity index (χ4n) is 2.42. The summed E-state index contributed by atoms with van der Waals surface area (Å²) in [5.74, 6) is -1.90. The number of benzene rings is 2. The van der Waals surface area contributed by atoms with Crippen molar-refractivity contribution < 1.29 is 18.3 Å². The lowest BCUT2D eigenvalue weighted by molar-refractivity contribution is 0.0636. The Balaban J connectivity index is 2.49. The van der Waals surface area contributed by atoms with Gasteiger partial charge in [0.25, 0.3) is 0 Å². The van der Waals surface area contributed by atoms with Crippen molar-refractivity contribution in [2.75, 3.05) is 30.0 Å². The third-order valence-corrected chi connectivity index (χ3v) is 3.53. The van der Waals surface area contributed by atoms with E-state index in [9.17, 15) is 13.6 Å². The van der Waals surface area contributed by atoms with Crippen LogP contribution in [0.25, 0.3) is 11.1 Å². The van der Waals surface area contributed by atoms with Gasteiger partial charge in [-0.1, -0.05) is 12.1 Å². The molecule has 0 aliphatic rings. The molecule has 5 nitrogen and oxygen atoms in total. The van der Waals surface area contributed by atoms with Gasteiger partial charge in [-0.15, -0.1) is 0 Å². The third-order valence-electron chi connectivity index (χ3n) is 3.53. The van der Waals surface area contributed by atoms with Crippen LogP contribution in [0.5, 0.6) is 0 Å². The molecule has 0 saturated heterocycles. The predicted molar refractivity (Wildman–Crippen MR) is 100 cm³/mol. The number of carbonyl (C=O) groups excluding carboxylic acids is 1. The highest BCUT2D eigenvalue weighted by Crippen LogP contribution is 2.38.